The number of nitrogens with two attached hydrogens (primary N) is 1. The summed E-state index contributed by atoms with van der Waals surface area (Å²) in [5.74, 6) is 0.892. The van der Waals surface area contributed by atoms with Crippen molar-refractivity contribution in [1.29, 1.82) is 5.41 Å². The van der Waals surface area contributed by atoms with Crippen LogP contribution in [0.1, 0.15) is 13.3 Å². The number of guanidine groups is 1. The Morgan fingerprint density at radius 2 is 2.50 bits per heavy atom. The molecule has 4 heteroatoms. The van der Waals surface area contributed by atoms with Crippen LogP contribution in [-0.4, -0.2) is 37.0 Å². The van der Waals surface area contributed by atoms with Crippen LogP contribution in [0, 0.1) is 11.3 Å². The van der Waals surface area contributed by atoms with Crippen LogP contribution in [0.5, 0.6) is 0 Å². The molecule has 4 N–H and O–H groups in total. The molecule has 1 rings (SSSR count). The molecule has 1 aliphatic heterocycles. The van der Waals surface area contributed by atoms with E-state index in [9.17, 15) is 0 Å². The van der Waals surface area contributed by atoms with Crippen molar-refractivity contribution in [3.05, 3.63) is 0 Å². The van der Waals surface area contributed by atoms with Crippen molar-refractivity contribution >= 4 is 5.96 Å². The molecular formula is C8H18N4. The lowest BCUT2D eigenvalue weighted by atomic mass is 10.1. The Morgan fingerprint density at radius 3 is 3.00 bits per heavy atom. The summed E-state index contributed by atoms with van der Waals surface area (Å²) >= 11 is 0. The molecule has 1 fully saturated rings. The highest BCUT2D eigenvalue weighted by Crippen LogP contribution is 2.13. The second-order valence-corrected chi connectivity index (χ2v) is 3.29. The molecule has 0 saturated carbocycles. The van der Waals surface area contributed by atoms with E-state index >= 15 is 0 Å². The summed E-state index contributed by atoms with van der Waals surface area (Å²) in [6.07, 6.45) is 1.16. The molecule has 0 radical (unpaired) electrons. The summed E-state index contributed by atoms with van der Waals surface area (Å²) < 4.78 is 0. The summed E-state index contributed by atoms with van der Waals surface area (Å²) in [5, 5.41) is 10.6. The summed E-state index contributed by atoms with van der Waals surface area (Å²) in [4.78, 5) is 1.93. The fourth-order valence-corrected chi connectivity index (χ4v) is 1.57. The number of hydrogen-bond donors (Lipinski definition) is 3. The van der Waals surface area contributed by atoms with Crippen LogP contribution in [0.4, 0.5) is 0 Å². The molecule has 12 heavy (non-hydrogen) atoms. The standard InChI is InChI=1S/C8H18N4/c1-2-11-5-7-3-4-12(6-7)8(9)10/h7,11H,2-6H2,1H3,(H3,9,10)/t7-/m0/s1. The molecule has 1 aliphatic rings. The molecule has 0 aromatic heterocycles. The predicted octanol–water partition coefficient (Wildman–Crippen LogP) is -0.189. The maximum absolute atomic E-state index is 7.24. The quantitative estimate of drug-likeness (QED) is 0.406. The van der Waals surface area contributed by atoms with Gasteiger partial charge in [-0.25, -0.2) is 0 Å². The first kappa shape index (κ1) is 9.32. The van der Waals surface area contributed by atoms with E-state index in [4.69, 9.17) is 11.1 Å². The number of likely N-dealkylation sites (tertiary alicyclic amines) is 1. The van der Waals surface area contributed by atoms with E-state index in [2.05, 4.69) is 12.2 Å². The molecule has 0 unspecified atom stereocenters. The number of nitrogens with zero attached hydrogens (tertiary/aromatic N) is 1. The van der Waals surface area contributed by atoms with Crippen LogP contribution in [0.3, 0.4) is 0 Å². The zero-order valence-corrected chi connectivity index (χ0v) is 7.64. The molecule has 70 valence electrons. The summed E-state index contributed by atoms with van der Waals surface area (Å²) in [6.45, 7) is 6.09. The minimum absolute atomic E-state index is 0.217. The summed E-state index contributed by atoms with van der Waals surface area (Å²) in [5.41, 5.74) is 5.38. The molecule has 1 saturated heterocycles. The first-order valence-corrected chi connectivity index (χ1v) is 4.53. The Labute approximate surface area is 73.6 Å². The van der Waals surface area contributed by atoms with Gasteiger partial charge >= 0.3 is 0 Å². The van der Waals surface area contributed by atoms with Gasteiger partial charge in [0.15, 0.2) is 5.96 Å². The lowest BCUT2D eigenvalue weighted by Gasteiger charge is -2.15. The van der Waals surface area contributed by atoms with Gasteiger partial charge in [0.1, 0.15) is 0 Å². The average molecular weight is 170 g/mol. The average Bonchev–Trinajstić information content (AvgIpc) is 2.48. The molecule has 4 nitrogen and oxygen atoms in total. The van der Waals surface area contributed by atoms with Gasteiger partial charge in [0, 0.05) is 13.1 Å². The second-order valence-electron chi connectivity index (χ2n) is 3.29. The monoisotopic (exact) mass is 170 g/mol. The zero-order valence-electron chi connectivity index (χ0n) is 7.64. The SMILES string of the molecule is CCNC[C@@H]1CCN(C(=N)N)C1. The highest BCUT2D eigenvalue weighted by molar-refractivity contribution is 5.74. The molecule has 1 atom stereocenters. The van der Waals surface area contributed by atoms with Gasteiger partial charge in [-0.1, -0.05) is 6.92 Å². The third-order valence-corrected chi connectivity index (χ3v) is 2.31. The predicted molar refractivity (Wildman–Crippen MR) is 50.1 cm³/mol. The molecule has 1 heterocycles. The van der Waals surface area contributed by atoms with Crippen LogP contribution in [0.2, 0.25) is 0 Å². The largest absolute Gasteiger partial charge is 0.370 e. The highest BCUT2D eigenvalue weighted by atomic mass is 15.2. The Kier molecular flexibility index (Phi) is 3.34. The Balaban J connectivity index is 2.21. The van der Waals surface area contributed by atoms with Gasteiger partial charge in [0.2, 0.25) is 0 Å². The van der Waals surface area contributed by atoms with Crippen LogP contribution in [-0.2, 0) is 0 Å². The first-order valence-electron chi connectivity index (χ1n) is 4.53. The highest BCUT2D eigenvalue weighted by Gasteiger charge is 2.22. The van der Waals surface area contributed by atoms with Crippen molar-refractivity contribution in [2.45, 2.75) is 13.3 Å². The number of hydrogen-bond acceptors (Lipinski definition) is 2. The van der Waals surface area contributed by atoms with Gasteiger partial charge in [0.05, 0.1) is 0 Å². The van der Waals surface area contributed by atoms with Crippen LogP contribution in [0.25, 0.3) is 0 Å². The van der Waals surface area contributed by atoms with E-state index in [0.29, 0.717) is 5.92 Å². The molecule has 0 aliphatic carbocycles. The van der Waals surface area contributed by atoms with E-state index in [0.717, 1.165) is 32.6 Å². The van der Waals surface area contributed by atoms with Crippen molar-refractivity contribution in [2.24, 2.45) is 11.7 Å². The molecule has 0 amide bonds. The maximum atomic E-state index is 7.24. The lowest BCUT2D eigenvalue weighted by molar-refractivity contribution is 0.456. The van der Waals surface area contributed by atoms with E-state index in [1.165, 1.54) is 0 Å². The van der Waals surface area contributed by atoms with Gasteiger partial charge in [0.25, 0.3) is 0 Å². The maximum Gasteiger partial charge on any atom is 0.188 e. The molecule has 0 aromatic rings. The first-order chi connectivity index (χ1) is 5.74. The normalized spacial score (nSPS) is 23.1. The van der Waals surface area contributed by atoms with Crippen LogP contribution < -0.4 is 11.1 Å². The molecular weight excluding hydrogens is 152 g/mol. The van der Waals surface area contributed by atoms with Gasteiger partial charge in [-0.3, -0.25) is 5.41 Å². The van der Waals surface area contributed by atoms with E-state index in [1.807, 2.05) is 4.90 Å². The smallest absolute Gasteiger partial charge is 0.188 e. The second kappa shape index (κ2) is 4.30. The van der Waals surface area contributed by atoms with E-state index in [-0.39, 0.29) is 5.96 Å². The van der Waals surface area contributed by atoms with E-state index < -0.39 is 0 Å². The van der Waals surface area contributed by atoms with Gasteiger partial charge in [-0.15, -0.1) is 0 Å². The van der Waals surface area contributed by atoms with Crippen LogP contribution >= 0.6 is 0 Å². The molecule has 0 spiro atoms. The molecule has 0 bridgehead atoms. The Hall–Kier alpha value is -0.770. The molecule has 0 aromatic carbocycles. The van der Waals surface area contributed by atoms with Crippen molar-refractivity contribution in [1.82, 2.24) is 10.2 Å². The lowest BCUT2D eigenvalue weighted by Crippen LogP contribution is -2.35. The van der Waals surface area contributed by atoms with E-state index in [1.54, 1.807) is 0 Å². The minimum Gasteiger partial charge on any atom is -0.370 e. The van der Waals surface area contributed by atoms with Gasteiger partial charge in [-0.05, 0) is 25.4 Å². The summed E-state index contributed by atoms with van der Waals surface area (Å²) in [6, 6.07) is 0. The fourth-order valence-electron chi connectivity index (χ4n) is 1.57. The van der Waals surface area contributed by atoms with Crippen molar-refractivity contribution < 1.29 is 0 Å². The third-order valence-electron chi connectivity index (χ3n) is 2.31. The zero-order chi connectivity index (χ0) is 8.97. The van der Waals surface area contributed by atoms with Crippen molar-refractivity contribution in [2.75, 3.05) is 26.2 Å². The number of rotatable bonds is 3. The topological polar surface area (TPSA) is 65.1 Å². The minimum atomic E-state index is 0.217. The third kappa shape index (κ3) is 2.37. The Bertz CT molecular complexity index is 157. The van der Waals surface area contributed by atoms with Gasteiger partial charge < -0.3 is 16.0 Å². The Morgan fingerprint density at radius 1 is 1.75 bits per heavy atom. The fraction of sp³-hybridized carbons (Fsp3) is 0.875. The van der Waals surface area contributed by atoms with Crippen LogP contribution in [0.15, 0.2) is 0 Å². The van der Waals surface area contributed by atoms with Crippen molar-refractivity contribution in [3.8, 4) is 0 Å². The summed E-state index contributed by atoms with van der Waals surface area (Å²) in [7, 11) is 0. The van der Waals surface area contributed by atoms with Gasteiger partial charge in [-0.2, -0.15) is 0 Å². The van der Waals surface area contributed by atoms with Crippen molar-refractivity contribution in [3.63, 3.8) is 0 Å². The number of nitrogens with one attached hydrogen (secondary N) is 2.